The molecule has 4 rings (SSSR count). The molecule has 1 aliphatic carbocycles. The SMILES string of the molecule is CN1CCCC[C@@H]1CN(c1ccccc1)C1Cc2ccccc2C1. The van der Waals surface area contributed by atoms with Gasteiger partial charge in [-0.25, -0.2) is 0 Å². The van der Waals surface area contributed by atoms with Gasteiger partial charge in [-0.15, -0.1) is 0 Å². The first kappa shape index (κ1) is 15.7. The molecule has 0 saturated carbocycles. The smallest absolute Gasteiger partial charge is 0.0371 e. The van der Waals surface area contributed by atoms with Gasteiger partial charge in [-0.1, -0.05) is 48.9 Å². The number of piperidine rings is 1. The van der Waals surface area contributed by atoms with Gasteiger partial charge in [-0.3, -0.25) is 0 Å². The van der Waals surface area contributed by atoms with Crippen LogP contribution in [0, 0.1) is 0 Å². The van der Waals surface area contributed by atoms with Crippen molar-refractivity contribution in [2.24, 2.45) is 0 Å². The van der Waals surface area contributed by atoms with E-state index < -0.39 is 0 Å². The fourth-order valence-corrected chi connectivity index (χ4v) is 4.44. The minimum absolute atomic E-state index is 0.597. The second-order valence-electron chi connectivity index (χ2n) is 7.45. The Balaban J connectivity index is 1.57. The van der Waals surface area contributed by atoms with Crippen molar-refractivity contribution in [3.8, 4) is 0 Å². The van der Waals surface area contributed by atoms with E-state index in [0.717, 1.165) is 6.54 Å². The van der Waals surface area contributed by atoms with Crippen LogP contribution in [-0.2, 0) is 12.8 Å². The lowest BCUT2D eigenvalue weighted by molar-refractivity contribution is 0.186. The van der Waals surface area contributed by atoms with Crippen molar-refractivity contribution < 1.29 is 0 Å². The van der Waals surface area contributed by atoms with Crippen molar-refractivity contribution in [2.75, 3.05) is 25.0 Å². The number of benzene rings is 2. The van der Waals surface area contributed by atoms with Gasteiger partial charge in [0.2, 0.25) is 0 Å². The highest BCUT2D eigenvalue weighted by Gasteiger charge is 2.30. The molecule has 2 heteroatoms. The van der Waals surface area contributed by atoms with E-state index in [1.54, 1.807) is 11.1 Å². The van der Waals surface area contributed by atoms with Gasteiger partial charge in [-0.2, -0.15) is 0 Å². The predicted molar refractivity (Wildman–Crippen MR) is 102 cm³/mol. The van der Waals surface area contributed by atoms with Crippen LogP contribution >= 0.6 is 0 Å². The molecule has 2 aromatic carbocycles. The zero-order valence-electron chi connectivity index (χ0n) is 14.7. The molecule has 0 N–H and O–H groups in total. The molecule has 1 heterocycles. The summed E-state index contributed by atoms with van der Waals surface area (Å²) >= 11 is 0. The van der Waals surface area contributed by atoms with Gasteiger partial charge in [0, 0.05) is 24.3 Å². The Bertz CT molecular complexity index is 642. The van der Waals surface area contributed by atoms with Crippen LogP contribution in [0.2, 0.25) is 0 Å². The van der Waals surface area contributed by atoms with Gasteiger partial charge in [-0.05, 0) is 62.5 Å². The summed E-state index contributed by atoms with van der Waals surface area (Å²) in [6, 6.07) is 21.3. The summed E-state index contributed by atoms with van der Waals surface area (Å²) in [5.74, 6) is 0. The van der Waals surface area contributed by atoms with E-state index in [-0.39, 0.29) is 0 Å². The van der Waals surface area contributed by atoms with Crippen LogP contribution < -0.4 is 4.90 Å². The molecule has 2 aliphatic rings. The van der Waals surface area contributed by atoms with E-state index >= 15 is 0 Å². The third-order valence-electron chi connectivity index (χ3n) is 5.89. The summed E-state index contributed by atoms with van der Waals surface area (Å²) in [6.07, 6.45) is 6.43. The zero-order chi connectivity index (χ0) is 16.4. The molecule has 1 atom stereocenters. The molecule has 0 amide bonds. The number of hydrogen-bond donors (Lipinski definition) is 0. The fraction of sp³-hybridized carbons (Fsp3) is 0.455. The maximum atomic E-state index is 2.69. The highest BCUT2D eigenvalue weighted by atomic mass is 15.2. The number of fused-ring (bicyclic) bond motifs is 1. The van der Waals surface area contributed by atoms with Crippen LogP contribution in [0.25, 0.3) is 0 Å². The maximum Gasteiger partial charge on any atom is 0.0371 e. The van der Waals surface area contributed by atoms with E-state index in [1.807, 2.05) is 0 Å². The Morgan fingerprint density at radius 2 is 1.58 bits per heavy atom. The molecule has 0 unspecified atom stereocenters. The number of rotatable bonds is 4. The Labute approximate surface area is 146 Å². The molecule has 0 radical (unpaired) electrons. The van der Waals surface area contributed by atoms with Gasteiger partial charge >= 0.3 is 0 Å². The van der Waals surface area contributed by atoms with E-state index in [0.29, 0.717) is 12.1 Å². The van der Waals surface area contributed by atoms with Crippen molar-refractivity contribution in [1.82, 2.24) is 4.90 Å². The number of hydrogen-bond acceptors (Lipinski definition) is 2. The molecule has 126 valence electrons. The van der Waals surface area contributed by atoms with Crippen LogP contribution in [0.5, 0.6) is 0 Å². The minimum Gasteiger partial charge on any atom is -0.366 e. The van der Waals surface area contributed by atoms with Gasteiger partial charge in [0.25, 0.3) is 0 Å². The normalized spacial score (nSPS) is 21.6. The summed E-state index contributed by atoms with van der Waals surface area (Å²) in [4.78, 5) is 5.26. The lowest BCUT2D eigenvalue weighted by Crippen LogP contribution is -2.48. The minimum atomic E-state index is 0.597. The molecule has 2 nitrogen and oxygen atoms in total. The lowest BCUT2D eigenvalue weighted by Gasteiger charge is -2.40. The van der Waals surface area contributed by atoms with Crippen LogP contribution in [0.15, 0.2) is 54.6 Å². The first-order chi connectivity index (χ1) is 11.8. The molecular weight excluding hydrogens is 292 g/mol. The van der Waals surface area contributed by atoms with Crippen molar-refractivity contribution in [3.05, 3.63) is 65.7 Å². The Hall–Kier alpha value is -1.80. The Morgan fingerprint density at radius 3 is 2.25 bits per heavy atom. The summed E-state index contributed by atoms with van der Waals surface area (Å²) in [5, 5.41) is 0. The standard InChI is InChI=1S/C22H28N2/c1-23-14-8-7-13-21(23)17-24(20-11-3-2-4-12-20)22-15-18-9-5-6-10-19(18)16-22/h2-6,9-12,21-22H,7-8,13-17H2,1H3/t21-/m1/s1. The van der Waals surface area contributed by atoms with Gasteiger partial charge in [0.1, 0.15) is 0 Å². The molecule has 1 fully saturated rings. The Morgan fingerprint density at radius 1 is 0.917 bits per heavy atom. The highest BCUT2D eigenvalue weighted by molar-refractivity contribution is 5.50. The summed E-state index contributed by atoms with van der Waals surface area (Å²) < 4.78 is 0. The highest BCUT2D eigenvalue weighted by Crippen LogP contribution is 2.30. The summed E-state index contributed by atoms with van der Waals surface area (Å²) in [7, 11) is 2.30. The fourth-order valence-electron chi connectivity index (χ4n) is 4.44. The Kier molecular flexibility index (Phi) is 4.57. The number of nitrogens with zero attached hydrogens (tertiary/aromatic N) is 2. The first-order valence-electron chi connectivity index (χ1n) is 9.40. The van der Waals surface area contributed by atoms with E-state index in [1.165, 1.54) is 44.3 Å². The van der Waals surface area contributed by atoms with Crippen molar-refractivity contribution in [1.29, 1.82) is 0 Å². The average Bonchev–Trinajstić information content (AvgIpc) is 3.05. The molecule has 0 bridgehead atoms. The molecule has 2 aromatic rings. The van der Waals surface area contributed by atoms with Crippen molar-refractivity contribution in [2.45, 2.75) is 44.2 Å². The van der Waals surface area contributed by atoms with Crippen molar-refractivity contribution >= 4 is 5.69 Å². The average molecular weight is 320 g/mol. The van der Waals surface area contributed by atoms with Crippen LogP contribution in [-0.4, -0.2) is 37.1 Å². The molecular formula is C22H28N2. The van der Waals surface area contributed by atoms with E-state index in [9.17, 15) is 0 Å². The first-order valence-corrected chi connectivity index (χ1v) is 9.40. The number of para-hydroxylation sites is 1. The largest absolute Gasteiger partial charge is 0.366 e. The topological polar surface area (TPSA) is 6.48 Å². The summed E-state index contributed by atoms with van der Waals surface area (Å²) in [6.45, 7) is 2.40. The van der Waals surface area contributed by atoms with Crippen molar-refractivity contribution in [3.63, 3.8) is 0 Å². The predicted octanol–water partition coefficient (Wildman–Crippen LogP) is 4.14. The quantitative estimate of drug-likeness (QED) is 0.835. The lowest BCUT2D eigenvalue weighted by atomic mass is 10.0. The third-order valence-corrected chi connectivity index (χ3v) is 5.89. The van der Waals surface area contributed by atoms with Gasteiger partial charge < -0.3 is 9.80 Å². The maximum absolute atomic E-state index is 2.69. The third kappa shape index (κ3) is 3.21. The van der Waals surface area contributed by atoms with Gasteiger partial charge in [0.15, 0.2) is 0 Å². The molecule has 24 heavy (non-hydrogen) atoms. The zero-order valence-corrected chi connectivity index (χ0v) is 14.7. The second-order valence-corrected chi connectivity index (χ2v) is 7.45. The van der Waals surface area contributed by atoms with E-state index in [2.05, 4.69) is 71.4 Å². The van der Waals surface area contributed by atoms with E-state index in [4.69, 9.17) is 0 Å². The number of anilines is 1. The number of likely N-dealkylation sites (N-methyl/N-ethyl adjacent to an activating group) is 1. The van der Waals surface area contributed by atoms with Crippen LogP contribution in [0.3, 0.4) is 0 Å². The molecule has 0 aromatic heterocycles. The number of likely N-dealkylation sites (tertiary alicyclic amines) is 1. The monoisotopic (exact) mass is 320 g/mol. The summed E-state index contributed by atoms with van der Waals surface area (Å²) in [5.41, 5.74) is 4.47. The molecule has 0 spiro atoms. The second kappa shape index (κ2) is 6.98. The van der Waals surface area contributed by atoms with Crippen LogP contribution in [0.1, 0.15) is 30.4 Å². The van der Waals surface area contributed by atoms with Gasteiger partial charge in [0.05, 0.1) is 0 Å². The molecule has 1 aliphatic heterocycles. The molecule has 1 saturated heterocycles. The van der Waals surface area contributed by atoms with Crippen LogP contribution in [0.4, 0.5) is 5.69 Å².